The van der Waals surface area contributed by atoms with Crippen LogP contribution in [0.15, 0.2) is 24.3 Å². The van der Waals surface area contributed by atoms with Crippen LogP contribution in [-0.4, -0.2) is 23.9 Å². The van der Waals surface area contributed by atoms with Gasteiger partial charge in [0, 0.05) is 16.6 Å². The summed E-state index contributed by atoms with van der Waals surface area (Å²) in [5, 5.41) is 6.41. The zero-order valence-corrected chi connectivity index (χ0v) is 14.0. The normalized spacial score (nSPS) is 17.0. The summed E-state index contributed by atoms with van der Waals surface area (Å²) >= 11 is 5.82. The molecular weight excluding hydrogens is 300 g/mol. The fourth-order valence-corrected chi connectivity index (χ4v) is 2.52. The zero-order chi connectivity index (χ0) is 16.3. The Bertz CT molecular complexity index is 538. The van der Waals surface area contributed by atoms with E-state index in [4.69, 9.17) is 11.6 Å². The smallest absolute Gasteiger partial charge is 0.251 e. The predicted molar refractivity (Wildman–Crippen MR) is 87.9 cm³/mol. The van der Waals surface area contributed by atoms with Crippen LogP contribution in [0.25, 0.3) is 0 Å². The lowest BCUT2D eigenvalue weighted by Gasteiger charge is -2.24. The molecule has 0 aliphatic heterocycles. The number of rotatable bonds is 6. The van der Waals surface area contributed by atoms with Gasteiger partial charge in [0.25, 0.3) is 5.91 Å². The molecule has 1 aliphatic rings. The topological polar surface area (TPSA) is 58.2 Å². The largest absolute Gasteiger partial charge is 0.352 e. The summed E-state index contributed by atoms with van der Waals surface area (Å²) in [6, 6.07) is 6.26. The minimum Gasteiger partial charge on any atom is -0.352 e. The van der Waals surface area contributed by atoms with Crippen LogP contribution >= 0.6 is 11.6 Å². The summed E-state index contributed by atoms with van der Waals surface area (Å²) in [6.45, 7) is 5.87. The van der Waals surface area contributed by atoms with Crippen molar-refractivity contribution >= 4 is 23.4 Å². The van der Waals surface area contributed by atoms with Crippen LogP contribution in [0.1, 0.15) is 44.0 Å². The maximum atomic E-state index is 12.4. The second-order valence-electron chi connectivity index (χ2n) is 6.34. The lowest BCUT2D eigenvalue weighted by atomic mass is 10.0. The van der Waals surface area contributed by atoms with Crippen LogP contribution in [0.4, 0.5) is 0 Å². The van der Waals surface area contributed by atoms with Gasteiger partial charge in [-0.05, 0) is 55.9 Å². The van der Waals surface area contributed by atoms with Crippen LogP contribution in [-0.2, 0) is 4.79 Å². The molecule has 0 aromatic heterocycles. The van der Waals surface area contributed by atoms with Gasteiger partial charge in [-0.3, -0.25) is 9.59 Å². The molecule has 0 spiro atoms. The van der Waals surface area contributed by atoms with E-state index in [0.717, 1.165) is 0 Å². The zero-order valence-electron chi connectivity index (χ0n) is 13.2. The fraction of sp³-hybridized carbons (Fsp3) is 0.529. The van der Waals surface area contributed by atoms with Gasteiger partial charge in [0.2, 0.25) is 5.91 Å². The second kappa shape index (κ2) is 7.14. The lowest BCUT2D eigenvalue weighted by Crippen LogP contribution is -2.52. The van der Waals surface area contributed by atoms with E-state index in [-0.39, 0.29) is 23.8 Å². The van der Waals surface area contributed by atoms with Gasteiger partial charge in [-0.25, -0.2) is 0 Å². The monoisotopic (exact) mass is 322 g/mol. The molecule has 0 bridgehead atoms. The van der Waals surface area contributed by atoms with Gasteiger partial charge in [-0.1, -0.05) is 25.4 Å². The van der Waals surface area contributed by atoms with Crippen LogP contribution in [0, 0.1) is 11.8 Å². The van der Waals surface area contributed by atoms with Crippen LogP contribution in [0.2, 0.25) is 5.02 Å². The summed E-state index contributed by atoms with van der Waals surface area (Å²) in [7, 11) is 0. The Balaban J connectivity index is 1.99. The van der Waals surface area contributed by atoms with Gasteiger partial charge in [0.1, 0.15) is 6.04 Å². The molecule has 5 heteroatoms. The molecular formula is C17H23ClN2O2. The number of nitrogens with one attached hydrogen (secondary N) is 2. The van der Waals surface area contributed by atoms with Gasteiger partial charge >= 0.3 is 0 Å². The van der Waals surface area contributed by atoms with Crippen molar-refractivity contribution in [3.05, 3.63) is 34.9 Å². The molecule has 2 amide bonds. The van der Waals surface area contributed by atoms with E-state index in [0.29, 0.717) is 16.5 Å². The van der Waals surface area contributed by atoms with Crippen molar-refractivity contribution in [1.82, 2.24) is 10.6 Å². The number of hydrogen-bond acceptors (Lipinski definition) is 2. The number of carbonyl (C=O) groups excluding carboxylic acids is 2. The highest BCUT2D eigenvalue weighted by Gasteiger charge is 2.32. The van der Waals surface area contributed by atoms with E-state index in [9.17, 15) is 9.59 Å². The fourth-order valence-electron chi connectivity index (χ4n) is 2.39. The number of hydrogen-bond donors (Lipinski definition) is 2. The molecule has 0 heterocycles. The van der Waals surface area contributed by atoms with Crippen molar-refractivity contribution < 1.29 is 9.59 Å². The van der Waals surface area contributed by atoms with Crippen molar-refractivity contribution in [3.8, 4) is 0 Å². The first-order valence-electron chi connectivity index (χ1n) is 7.75. The van der Waals surface area contributed by atoms with Gasteiger partial charge in [-0.15, -0.1) is 0 Å². The van der Waals surface area contributed by atoms with Crippen molar-refractivity contribution in [2.75, 3.05) is 0 Å². The molecule has 2 N–H and O–H groups in total. The molecule has 120 valence electrons. The van der Waals surface area contributed by atoms with Crippen LogP contribution in [0.3, 0.4) is 0 Å². The van der Waals surface area contributed by atoms with E-state index >= 15 is 0 Å². The molecule has 1 aliphatic carbocycles. The first-order valence-corrected chi connectivity index (χ1v) is 8.13. The maximum absolute atomic E-state index is 12.4. The number of amides is 2. The molecule has 1 saturated carbocycles. The maximum Gasteiger partial charge on any atom is 0.251 e. The van der Waals surface area contributed by atoms with E-state index in [1.807, 2.05) is 20.8 Å². The van der Waals surface area contributed by atoms with Crippen LogP contribution in [0.5, 0.6) is 0 Å². The third-order valence-electron chi connectivity index (χ3n) is 4.04. The van der Waals surface area contributed by atoms with Crippen molar-refractivity contribution in [2.45, 2.75) is 45.7 Å². The Morgan fingerprint density at radius 3 is 2.18 bits per heavy atom. The summed E-state index contributed by atoms with van der Waals surface area (Å²) < 4.78 is 0. The lowest BCUT2D eigenvalue weighted by molar-refractivity contribution is -0.124. The van der Waals surface area contributed by atoms with Crippen molar-refractivity contribution in [2.24, 2.45) is 11.8 Å². The average Bonchev–Trinajstić information content (AvgIpc) is 3.29. The minimum atomic E-state index is -0.538. The Labute approximate surface area is 136 Å². The summed E-state index contributed by atoms with van der Waals surface area (Å²) in [5.41, 5.74) is 0.498. The van der Waals surface area contributed by atoms with E-state index in [1.165, 1.54) is 12.8 Å². The molecule has 0 radical (unpaired) electrons. The molecule has 4 nitrogen and oxygen atoms in total. The van der Waals surface area contributed by atoms with Gasteiger partial charge < -0.3 is 10.6 Å². The number of carbonyl (C=O) groups is 2. The number of benzene rings is 1. The molecule has 22 heavy (non-hydrogen) atoms. The third kappa shape index (κ3) is 4.47. The Hall–Kier alpha value is -1.55. The molecule has 2 atom stereocenters. The van der Waals surface area contributed by atoms with Gasteiger partial charge in [-0.2, -0.15) is 0 Å². The summed E-state index contributed by atoms with van der Waals surface area (Å²) in [6.07, 6.45) is 2.34. The molecule has 0 saturated heterocycles. The highest BCUT2D eigenvalue weighted by molar-refractivity contribution is 6.30. The third-order valence-corrected chi connectivity index (χ3v) is 4.29. The summed E-state index contributed by atoms with van der Waals surface area (Å²) in [5.74, 6) is 0.229. The first kappa shape index (κ1) is 16.8. The Kier molecular flexibility index (Phi) is 5.46. The van der Waals surface area contributed by atoms with Crippen LogP contribution < -0.4 is 10.6 Å². The standard InChI is InChI=1S/C17H23ClN2O2/c1-10(2)15(17(22)19-11(3)12-4-5-12)20-16(21)13-6-8-14(18)9-7-13/h6-12,15H,4-5H2,1-3H3,(H,19,22)(H,20,21). The highest BCUT2D eigenvalue weighted by Crippen LogP contribution is 2.32. The SMILES string of the molecule is CC(C)C(NC(=O)c1ccc(Cl)cc1)C(=O)NC(C)C1CC1. The molecule has 1 aromatic rings. The van der Waals surface area contributed by atoms with Crippen molar-refractivity contribution in [1.29, 1.82) is 0 Å². The van der Waals surface area contributed by atoms with Gasteiger partial charge in [0.15, 0.2) is 0 Å². The molecule has 2 unspecified atom stereocenters. The minimum absolute atomic E-state index is 0.0163. The van der Waals surface area contributed by atoms with E-state index < -0.39 is 6.04 Å². The first-order chi connectivity index (χ1) is 10.4. The quantitative estimate of drug-likeness (QED) is 0.846. The average molecular weight is 323 g/mol. The Morgan fingerprint density at radius 1 is 1.09 bits per heavy atom. The Morgan fingerprint density at radius 2 is 1.68 bits per heavy atom. The summed E-state index contributed by atoms with van der Waals surface area (Å²) in [4.78, 5) is 24.7. The molecule has 1 fully saturated rings. The number of halogens is 1. The molecule has 2 rings (SSSR count). The molecule has 1 aromatic carbocycles. The van der Waals surface area contributed by atoms with Crippen molar-refractivity contribution in [3.63, 3.8) is 0 Å². The predicted octanol–water partition coefficient (Wildman–Crippen LogP) is 3.01. The van der Waals surface area contributed by atoms with E-state index in [1.54, 1.807) is 24.3 Å². The second-order valence-corrected chi connectivity index (χ2v) is 6.77. The van der Waals surface area contributed by atoms with Gasteiger partial charge in [0.05, 0.1) is 0 Å². The van der Waals surface area contributed by atoms with E-state index in [2.05, 4.69) is 10.6 Å². The highest BCUT2D eigenvalue weighted by atomic mass is 35.5.